The van der Waals surface area contributed by atoms with Gasteiger partial charge >= 0.3 is 0 Å². The number of amides is 2. The van der Waals surface area contributed by atoms with E-state index >= 15 is 9.59 Å². The van der Waals surface area contributed by atoms with E-state index in [-0.39, 0.29) is 44.3 Å². The minimum Gasteiger partial charge on any atom is -0.324 e. The van der Waals surface area contributed by atoms with E-state index < -0.39 is 10.8 Å². The first-order chi connectivity index (χ1) is 34.7. The Labute approximate surface area is 457 Å². The number of hydrogen-bond donors (Lipinski definition) is 3. The van der Waals surface area contributed by atoms with Crippen LogP contribution in [0.1, 0.15) is 191 Å². The zero-order valence-corrected chi connectivity index (χ0v) is 49.2. The van der Waals surface area contributed by atoms with Gasteiger partial charge in [-0.05, 0) is 111 Å². The molecule has 7 rings (SSSR count). The van der Waals surface area contributed by atoms with Gasteiger partial charge in [0.1, 0.15) is 10.8 Å². The first kappa shape index (κ1) is 56.6. The number of thiol groups is 1. The Bertz CT molecular complexity index is 2630. The molecule has 0 aliphatic carbocycles. The van der Waals surface area contributed by atoms with E-state index in [0.29, 0.717) is 16.3 Å². The van der Waals surface area contributed by atoms with Gasteiger partial charge in [-0.2, -0.15) is 0 Å². The van der Waals surface area contributed by atoms with Crippen molar-refractivity contribution in [2.24, 2.45) is 0 Å². The van der Waals surface area contributed by atoms with Crippen molar-refractivity contribution in [1.82, 2.24) is 0 Å². The molecular weight excluding hydrogens is 933 g/mol. The molecule has 0 aliphatic heterocycles. The molecule has 0 spiro atoms. The van der Waals surface area contributed by atoms with Crippen LogP contribution in [0.4, 0.5) is 11.4 Å². The molecule has 0 heterocycles. The van der Waals surface area contributed by atoms with Gasteiger partial charge in [0.05, 0.1) is 16.3 Å². The summed E-state index contributed by atoms with van der Waals surface area (Å²) in [5.74, 6) is -0.495. The molecule has 2 amide bonds. The molecule has 0 fully saturated rings. The first-order valence-corrected chi connectivity index (χ1v) is 27.3. The maximum absolute atomic E-state index is 16.1. The van der Waals surface area contributed by atoms with E-state index in [4.69, 9.17) is 12.6 Å². The lowest BCUT2D eigenvalue weighted by Crippen LogP contribution is -2.43. The summed E-state index contributed by atoms with van der Waals surface area (Å²) in [6.07, 6.45) is 0. The molecule has 0 saturated heterocycles. The highest BCUT2D eigenvalue weighted by Crippen LogP contribution is 2.46. The van der Waals surface area contributed by atoms with Crippen molar-refractivity contribution in [3.8, 4) is 0 Å². The van der Waals surface area contributed by atoms with Crippen LogP contribution >= 0.6 is 12.6 Å². The fourth-order valence-corrected chi connectivity index (χ4v) is 10.5. The van der Waals surface area contributed by atoms with Crippen molar-refractivity contribution in [2.75, 3.05) is 10.6 Å². The maximum Gasteiger partial charge on any atom is 0.244 e. The molecule has 0 aromatic heterocycles. The van der Waals surface area contributed by atoms with Crippen molar-refractivity contribution in [1.29, 1.82) is 0 Å². The van der Waals surface area contributed by atoms with E-state index in [1.54, 1.807) is 0 Å². The fourth-order valence-electron chi connectivity index (χ4n) is 10.3. The molecule has 7 aromatic rings. The molecule has 0 radical (unpaired) electrons. The van der Waals surface area contributed by atoms with Gasteiger partial charge in [-0.3, -0.25) is 9.59 Å². The van der Waals surface area contributed by atoms with Crippen LogP contribution in [-0.4, -0.2) is 11.8 Å². The molecule has 0 unspecified atom stereocenters. The molecule has 0 aliphatic rings. The number of hydrogen-bond acceptors (Lipinski definition) is 3. The van der Waals surface area contributed by atoms with E-state index in [0.717, 1.165) is 33.4 Å². The quantitative estimate of drug-likeness (QED) is 0.0944. The van der Waals surface area contributed by atoms with Gasteiger partial charge in [0, 0.05) is 0 Å². The number of benzene rings is 7. The van der Waals surface area contributed by atoms with Crippen molar-refractivity contribution in [3.05, 3.63) is 231 Å². The number of carbonyl (C=O) groups is 2. The molecule has 0 atom stereocenters. The highest BCUT2D eigenvalue weighted by atomic mass is 32.1. The number of rotatable bonds is 10. The summed E-state index contributed by atoms with van der Waals surface area (Å²) in [4.78, 5) is 32.7. The van der Waals surface area contributed by atoms with E-state index in [2.05, 4.69) is 281 Å². The second kappa shape index (κ2) is 20.4. The van der Waals surface area contributed by atoms with Crippen LogP contribution in [0, 0.1) is 0 Å². The zero-order chi connectivity index (χ0) is 55.3. The Balaban J connectivity index is 1.42. The summed E-state index contributed by atoms with van der Waals surface area (Å²) >= 11 is 5.22. The smallest absolute Gasteiger partial charge is 0.244 e. The molecule has 392 valence electrons. The second-order valence-electron chi connectivity index (χ2n) is 27.1. The van der Waals surface area contributed by atoms with E-state index in [9.17, 15) is 0 Å². The van der Waals surface area contributed by atoms with Crippen LogP contribution in [0.25, 0.3) is 0 Å². The van der Waals surface area contributed by atoms with Crippen LogP contribution in [0.3, 0.4) is 0 Å². The second-order valence-corrected chi connectivity index (χ2v) is 27.5. The van der Waals surface area contributed by atoms with Gasteiger partial charge < -0.3 is 10.6 Å². The van der Waals surface area contributed by atoms with Crippen LogP contribution in [0.5, 0.6) is 0 Å². The van der Waals surface area contributed by atoms with Crippen molar-refractivity contribution in [2.45, 2.75) is 173 Å². The summed E-state index contributed by atoms with van der Waals surface area (Å²) < 4.78 is 0. The van der Waals surface area contributed by atoms with Gasteiger partial charge in [-0.25, -0.2) is 0 Å². The lowest BCUT2D eigenvalue weighted by atomic mass is 9.67. The Morgan fingerprint density at radius 3 is 0.560 bits per heavy atom. The molecule has 0 bridgehead atoms. The normalized spacial score (nSPS) is 13.1. The minimum absolute atomic E-state index is 0.100. The summed E-state index contributed by atoms with van der Waals surface area (Å²) in [6, 6.07) is 56.8. The first-order valence-electron chi connectivity index (χ1n) is 26.8. The minimum atomic E-state index is -1.31. The SMILES string of the molecule is CC(C)(C)c1ccc(C(C(=O)Nc2cccc(NC(=O)C(c3ccc(C(C)(C)C)cc3)(c3ccc(C(C)(C)C)cc3)c3ccc(C(C)(C)C)cc3)c2S)(c2ccc(C(C)(C)C)cc2)c2ccc(C(C)(C)C)cc2)cc1. The molecule has 7 aromatic carbocycles. The maximum atomic E-state index is 16.1. The standard InChI is InChI=1S/C70H84N2O2S/c1-63(2,3)46-22-34-52(35-23-46)69(53-36-24-47(25-37-53)64(4,5)6,54-38-26-48(27-39-54)65(7,8)9)61(73)71-58-20-19-21-59(60(58)75)72-62(74)70(55-40-28-49(29-41-55)66(10,11)12,56-42-30-50(31-43-56)67(13,14)15)57-44-32-51(33-45-57)68(16,17)18/h19-45,75H,1-18H3,(H,71,73)(H,72,74). The topological polar surface area (TPSA) is 58.2 Å². The number of carbonyl (C=O) groups excluding carboxylic acids is 2. The van der Waals surface area contributed by atoms with Gasteiger partial charge in [-0.1, -0.05) is 276 Å². The highest BCUT2D eigenvalue weighted by Gasteiger charge is 2.47. The summed E-state index contributed by atoms with van der Waals surface area (Å²) in [5.41, 5.74) is 9.76. The Kier molecular flexibility index (Phi) is 15.4. The zero-order valence-electron chi connectivity index (χ0n) is 48.4. The molecule has 2 N–H and O–H groups in total. The van der Waals surface area contributed by atoms with Gasteiger partial charge in [0.15, 0.2) is 0 Å². The third kappa shape index (κ3) is 11.5. The summed E-state index contributed by atoms with van der Waals surface area (Å²) in [7, 11) is 0. The molecule has 75 heavy (non-hydrogen) atoms. The van der Waals surface area contributed by atoms with Crippen molar-refractivity contribution < 1.29 is 9.59 Å². The third-order valence-electron chi connectivity index (χ3n) is 15.3. The molecule has 5 heteroatoms. The van der Waals surface area contributed by atoms with Gasteiger partial charge in [0.2, 0.25) is 11.8 Å². The molecule has 0 saturated carbocycles. The molecular formula is C70H84N2O2S. The van der Waals surface area contributed by atoms with Gasteiger partial charge in [-0.15, -0.1) is 12.6 Å². The average Bonchev–Trinajstić information content (AvgIpc) is 3.32. The summed E-state index contributed by atoms with van der Waals surface area (Å²) in [5, 5.41) is 6.85. The Hall–Kier alpha value is -6.17. The van der Waals surface area contributed by atoms with Crippen LogP contribution in [-0.2, 0) is 52.9 Å². The lowest BCUT2D eigenvalue weighted by Gasteiger charge is -2.36. The fraction of sp³-hybridized carbons (Fsp3) is 0.371. The Morgan fingerprint density at radius 2 is 0.413 bits per heavy atom. The van der Waals surface area contributed by atoms with Crippen LogP contribution in [0.15, 0.2) is 169 Å². The van der Waals surface area contributed by atoms with Crippen molar-refractivity contribution >= 4 is 35.8 Å². The Morgan fingerprint density at radius 1 is 0.267 bits per heavy atom. The van der Waals surface area contributed by atoms with Gasteiger partial charge in [0.25, 0.3) is 0 Å². The number of anilines is 2. The predicted octanol–water partition coefficient (Wildman–Crippen LogP) is 17.7. The highest BCUT2D eigenvalue weighted by molar-refractivity contribution is 7.80. The summed E-state index contributed by atoms with van der Waals surface area (Å²) in [6.45, 7) is 39.7. The van der Waals surface area contributed by atoms with E-state index in [1.807, 2.05) is 18.2 Å². The predicted molar refractivity (Wildman–Crippen MR) is 322 cm³/mol. The largest absolute Gasteiger partial charge is 0.324 e. The van der Waals surface area contributed by atoms with Crippen molar-refractivity contribution in [3.63, 3.8) is 0 Å². The van der Waals surface area contributed by atoms with Crippen LogP contribution in [0.2, 0.25) is 0 Å². The number of nitrogens with one attached hydrogen (secondary N) is 2. The average molecular weight is 1020 g/mol. The monoisotopic (exact) mass is 1020 g/mol. The molecule has 4 nitrogen and oxygen atoms in total. The lowest BCUT2D eigenvalue weighted by molar-refractivity contribution is -0.119. The van der Waals surface area contributed by atoms with E-state index in [1.165, 1.54) is 33.4 Å². The van der Waals surface area contributed by atoms with Crippen LogP contribution < -0.4 is 10.6 Å². The third-order valence-corrected chi connectivity index (χ3v) is 15.8.